The Morgan fingerprint density at radius 3 is 2.62 bits per heavy atom. The van der Waals surface area contributed by atoms with E-state index in [-0.39, 0.29) is 6.61 Å². The van der Waals surface area contributed by atoms with Gasteiger partial charge in [0.2, 0.25) is 0 Å². The van der Waals surface area contributed by atoms with Crippen LogP contribution in [-0.2, 0) is 14.3 Å². The van der Waals surface area contributed by atoms with Crippen LogP contribution < -0.4 is 0 Å². The molecule has 0 radical (unpaired) electrons. The normalized spacial score (nSPS) is 10.1. The van der Waals surface area contributed by atoms with Gasteiger partial charge >= 0.3 is 5.97 Å². The highest BCUT2D eigenvalue weighted by Gasteiger charge is 1.95. The van der Waals surface area contributed by atoms with Crippen molar-refractivity contribution in [3.8, 4) is 0 Å². The molecule has 0 rings (SSSR count). The quantitative estimate of drug-likeness (QED) is 0.326. The lowest BCUT2D eigenvalue weighted by Crippen LogP contribution is -2.19. The van der Waals surface area contributed by atoms with Gasteiger partial charge in [0.15, 0.2) is 0 Å². The summed E-state index contributed by atoms with van der Waals surface area (Å²) in [5, 5.41) is 0. The van der Waals surface area contributed by atoms with Crippen molar-refractivity contribution < 1.29 is 14.3 Å². The fraction of sp³-hybridized carbons (Fsp3) is 0.667. The van der Waals surface area contributed by atoms with E-state index in [0.29, 0.717) is 13.2 Å². The predicted octanol–water partition coefficient (Wildman–Crippen LogP) is 0.294. The van der Waals surface area contributed by atoms with Gasteiger partial charge in [-0.05, 0) is 14.1 Å². The SMILES string of the molecule is C=CC(=O)OCCOCCN(C)C. The highest BCUT2D eigenvalue weighted by molar-refractivity contribution is 5.81. The standard InChI is InChI=1S/C9H17NO3/c1-4-9(11)13-8-7-12-6-5-10(2)3/h4H,1,5-8H2,2-3H3. The van der Waals surface area contributed by atoms with Crippen molar-refractivity contribution in [2.45, 2.75) is 0 Å². The first-order valence-corrected chi connectivity index (χ1v) is 4.18. The molecular weight excluding hydrogens is 170 g/mol. The Kier molecular flexibility index (Phi) is 7.24. The number of hydrogen-bond donors (Lipinski definition) is 0. The minimum absolute atomic E-state index is 0.290. The van der Waals surface area contributed by atoms with Gasteiger partial charge in [0.1, 0.15) is 6.61 Å². The molecule has 0 saturated heterocycles. The van der Waals surface area contributed by atoms with Crippen LogP contribution in [0, 0.1) is 0 Å². The maximum absolute atomic E-state index is 10.5. The first-order valence-electron chi connectivity index (χ1n) is 4.18. The third-order valence-electron chi connectivity index (χ3n) is 1.32. The van der Waals surface area contributed by atoms with Crippen molar-refractivity contribution in [1.29, 1.82) is 0 Å². The predicted molar refractivity (Wildman–Crippen MR) is 50.5 cm³/mol. The summed E-state index contributed by atoms with van der Waals surface area (Å²) >= 11 is 0. The summed E-state index contributed by atoms with van der Waals surface area (Å²) in [6, 6.07) is 0. The average Bonchev–Trinajstić information content (AvgIpc) is 2.10. The third kappa shape index (κ3) is 9.04. The lowest BCUT2D eigenvalue weighted by molar-refractivity contribution is -0.139. The summed E-state index contributed by atoms with van der Waals surface area (Å²) in [6.45, 7) is 5.53. The number of nitrogens with zero attached hydrogens (tertiary/aromatic N) is 1. The molecular formula is C9H17NO3. The maximum Gasteiger partial charge on any atom is 0.330 e. The van der Waals surface area contributed by atoms with Gasteiger partial charge < -0.3 is 14.4 Å². The molecule has 0 aromatic carbocycles. The van der Waals surface area contributed by atoms with E-state index in [2.05, 4.69) is 6.58 Å². The Morgan fingerprint density at radius 2 is 2.08 bits per heavy atom. The molecule has 0 N–H and O–H groups in total. The second kappa shape index (κ2) is 7.76. The first-order chi connectivity index (χ1) is 6.16. The minimum Gasteiger partial charge on any atom is -0.460 e. The Bertz CT molecular complexity index is 157. The van der Waals surface area contributed by atoms with E-state index in [9.17, 15) is 4.79 Å². The summed E-state index contributed by atoms with van der Waals surface area (Å²) in [4.78, 5) is 12.6. The summed E-state index contributed by atoms with van der Waals surface area (Å²) in [5.74, 6) is -0.406. The van der Waals surface area contributed by atoms with Gasteiger partial charge in [-0.15, -0.1) is 0 Å². The van der Waals surface area contributed by atoms with Crippen LogP contribution in [0.15, 0.2) is 12.7 Å². The monoisotopic (exact) mass is 187 g/mol. The topological polar surface area (TPSA) is 38.8 Å². The van der Waals surface area contributed by atoms with Gasteiger partial charge in [-0.3, -0.25) is 0 Å². The summed E-state index contributed by atoms with van der Waals surface area (Å²) in [5.41, 5.74) is 0. The third-order valence-corrected chi connectivity index (χ3v) is 1.32. The molecule has 0 fully saturated rings. The van der Waals surface area contributed by atoms with Crippen molar-refractivity contribution in [3.05, 3.63) is 12.7 Å². The number of carbonyl (C=O) groups excluding carboxylic acids is 1. The summed E-state index contributed by atoms with van der Waals surface area (Å²) in [7, 11) is 3.95. The molecule has 13 heavy (non-hydrogen) atoms. The molecule has 0 aliphatic carbocycles. The van der Waals surface area contributed by atoms with E-state index >= 15 is 0 Å². The Morgan fingerprint density at radius 1 is 1.38 bits per heavy atom. The fourth-order valence-corrected chi connectivity index (χ4v) is 0.609. The van der Waals surface area contributed by atoms with E-state index in [1.165, 1.54) is 0 Å². The van der Waals surface area contributed by atoms with Gasteiger partial charge in [-0.2, -0.15) is 0 Å². The zero-order valence-corrected chi connectivity index (χ0v) is 8.28. The molecule has 0 amide bonds. The maximum atomic E-state index is 10.5. The van der Waals surface area contributed by atoms with Crippen molar-refractivity contribution in [1.82, 2.24) is 4.90 Å². The van der Waals surface area contributed by atoms with Crippen LogP contribution in [0.25, 0.3) is 0 Å². The molecule has 0 unspecified atom stereocenters. The van der Waals surface area contributed by atoms with Gasteiger partial charge in [-0.25, -0.2) is 4.79 Å². The molecule has 4 nitrogen and oxygen atoms in total. The molecule has 0 spiro atoms. The Labute approximate surface area is 79.1 Å². The van der Waals surface area contributed by atoms with Crippen LogP contribution in [0.1, 0.15) is 0 Å². The molecule has 0 aromatic heterocycles. The summed E-state index contributed by atoms with van der Waals surface area (Å²) in [6.07, 6.45) is 1.14. The van der Waals surface area contributed by atoms with E-state index in [1.807, 2.05) is 19.0 Å². The lowest BCUT2D eigenvalue weighted by Gasteiger charge is -2.09. The average molecular weight is 187 g/mol. The lowest BCUT2D eigenvalue weighted by atomic mass is 10.6. The number of rotatable bonds is 7. The van der Waals surface area contributed by atoms with Crippen LogP contribution in [0.2, 0.25) is 0 Å². The first kappa shape index (κ1) is 12.1. The van der Waals surface area contributed by atoms with Gasteiger partial charge in [-0.1, -0.05) is 6.58 Å². The van der Waals surface area contributed by atoms with Gasteiger partial charge in [0, 0.05) is 12.6 Å². The number of hydrogen-bond acceptors (Lipinski definition) is 4. The molecule has 0 bridgehead atoms. The number of ether oxygens (including phenoxy) is 2. The smallest absolute Gasteiger partial charge is 0.330 e. The molecule has 0 aromatic rings. The van der Waals surface area contributed by atoms with E-state index < -0.39 is 5.97 Å². The molecule has 4 heteroatoms. The molecule has 0 saturated carbocycles. The molecule has 0 aliphatic heterocycles. The molecule has 0 aliphatic rings. The Balaban J connectivity index is 3.08. The second-order valence-corrected chi connectivity index (χ2v) is 2.79. The van der Waals surface area contributed by atoms with Gasteiger partial charge in [0.25, 0.3) is 0 Å². The van der Waals surface area contributed by atoms with Crippen molar-refractivity contribution in [2.75, 3.05) is 40.5 Å². The zero-order chi connectivity index (χ0) is 10.1. The van der Waals surface area contributed by atoms with Gasteiger partial charge in [0.05, 0.1) is 13.2 Å². The van der Waals surface area contributed by atoms with Crippen LogP contribution in [-0.4, -0.2) is 51.3 Å². The minimum atomic E-state index is -0.406. The molecule has 0 heterocycles. The van der Waals surface area contributed by atoms with E-state index in [4.69, 9.17) is 9.47 Å². The molecule has 76 valence electrons. The van der Waals surface area contributed by atoms with Crippen LogP contribution in [0.3, 0.4) is 0 Å². The number of likely N-dealkylation sites (N-methyl/N-ethyl adjacent to an activating group) is 1. The summed E-state index contributed by atoms with van der Waals surface area (Å²) < 4.78 is 9.89. The van der Waals surface area contributed by atoms with Crippen LogP contribution in [0.4, 0.5) is 0 Å². The largest absolute Gasteiger partial charge is 0.460 e. The van der Waals surface area contributed by atoms with Crippen molar-refractivity contribution in [2.24, 2.45) is 0 Å². The van der Waals surface area contributed by atoms with Crippen molar-refractivity contribution >= 4 is 5.97 Å². The van der Waals surface area contributed by atoms with Crippen LogP contribution >= 0.6 is 0 Å². The highest BCUT2D eigenvalue weighted by atomic mass is 16.6. The van der Waals surface area contributed by atoms with Crippen LogP contribution in [0.5, 0.6) is 0 Å². The zero-order valence-electron chi connectivity index (χ0n) is 8.28. The Hall–Kier alpha value is -0.870. The fourth-order valence-electron chi connectivity index (χ4n) is 0.609. The van der Waals surface area contributed by atoms with E-state index in [1.54, 1.807) is 0 Å². The van der Waals surface area contributed by atoms with E-state index in [0.717, 1.165) is 12.6 Å². The second-order valence-electron chi connectivity index (χ2n) is 2.79. The number of esters is 1. The molecule has 0 atom stereocenters. The highest BCUT2D eigenvalue weighted by Crippen LogP contribution is 1.82. The van der Waals surface area contributed by atoms with Crippen molar-refractivity contribution in [3.63, 3.8) is 0 Å². The number of carbonyl (C=O) groups is 1.